The van der Waals surface area contributed by atoms with Gasteiger partial charge < -0.3 is 10.1 Å². The summed E-state index contributed by atoms with van der Waals surface area (Å²) in [5, 5.41) is 2.97. The molecule has 0 aliphatic heterocycles. The Kier molecular flexibility index (Phi) is 6.53. The van der Waals surface area contributed by atoms with Crippen molar-refractivity contribution in [2.24, 2.45) is 0 Å². The summed E-state index contributed by atoms with van der Waals surface area (Å²) < 4.78 is 5.14. The number of anilines is 1. The summed E-state index contributed by atoms with van der Waals surface area (Å²) in [7, 11) is 1.66. The minimum atomic E-state index is 0.0744. The quantitative estimate of drug-likeness (QED) is 0.584. The normalized spacial score (nSPS) is 10.4. The number of thioether (sulfide) groups is 1. The molecule has 0 atom stereocenters. The number of methoxy groups -OCH3 is 1. The summed E-state index contributed by atoms with van der Waals surface area (Å²) in [6, 6.07) is 14.1. The second-order valence-electron chi connectivity index (χ2n) is 5.55. The molecule has 0 saturated heterocycles. The van der Waals surface area contributed by atoms with Gasteiger partial charge in [0.05, 0.1) is 7.11 Å². The lowest BCUT2D eigenvalue weighted by molar-refractivity contribution is -0.116. The Labute approximate surface area is 142 Å². The van der Waals surface area contributed by atoms with Crippen LogP contribution >= 0.6 is 11.8 Å². The van der Waals surface area contributed by atoms with Gasteiger partial charge in [-0.25, -0.2) is 0 Å². The van der Waals surface area contributed by atoms with Crippen LogP contribution in [0.4, 0.5) is 5.69 Å². The number of rotatable bonds is 7. The number of nitrogens with one attached hydrogen (secondary N) is 1. The zero-order valence-electron chi connectivity index (χ0n) is 13.9. The zero-order valence-corrected chi connectivity index (χ0v) is 14.7. The van der Waals surface area contributed by atoms with E-state index in [2.05, 4.69) is 11.4 Å². The van der Waals surface area contributed by atoms with E-state index >= 15 is 0 Å². The summed E-state index contributed by atoms with van der Waals surface area (Å²) in [6.45, 7) is 4.07. The first-order valence-electron chi connectivity index (χ1n) is 7.72. The Hall–Kier alpha value is -1.94. The molecule has 0 aromatic heterocycles. The fraction of sp³-hybridized carbons (Fsp3) is 0.316. The predicted octanol–water partition coefficient (Wildman–Crippen LogP) is 4.82. The molecule has 3 nitrogen and oxygen atoms in total. The molecule has 0 bridgehead atoms. The van der Waals surface area contributed by atoms with E-state index in [-0.39, 0.29) is 5.91 Å². The molecular formula is C19H23NO2S. The molecule has 0 aliphatic carbocycles. The van der Waals surface area contributed by atoms with Gasteiger partial charge in [-0.1, -0.05) is 6.07 Å². The highest BCUT2D eigenvalue weighted by molar-refractivity contribution is 7.99. The Bertz CT molecular complexity index is 633. The molecule has 0 radical (unpaired) electrons. The summed E-state index contributed by atoms with van der Waals surface area (Å²) in [4.78, 5) is 13.2. The summed E-state index contributed by atoms with van der Waals surface area (Å²) in [5.74, 6) is 1.86. The maximum absolute atomic E-state index is 12.0. The predicted molar refractivity (Wildman–Crippen MR) is 97.5 cm³/mol. The maximum Gasteiger partial charge on any atom is 0.224 e. The molecule has 2 rings (SSSR count). The van der Waals surface area contributed by atoms with Crippen LogP contribution in [0.2, 0.25) is 0 Å². The molecule has 23 heavy (non-hydrogen) atoms. The van der Waals surface area contributed by atoms with Crippen LogP contribution in [0.1, 0.15) is 24.0 Å². The first-order chi connectivity index (χ1) is 11.1. The van der Waals surface area contributed by atoms with E-state index < -0.39 is 0 Å². The van der Waals surface area contributed by atoms with E-state index in [1.165, 1.54) is 4.90 Å². The van der Waals surface area contributed by atoms with Crippen molar-refractivity contribution in [3.05, 3.63) is 53.6 Å². The molecule has 0 aliphatic rings. The van der Waals surface area contributed by atoms with Crippen molar-refractivity contribution < 1.29 is 9.53 Å². The van der Waals surface area contributed by atoms with Crippen LogP contribution in [-0.4, -0.2) is 18.8 Å². The van der Waals surface area contributed by atoms with Crippen molar-refractivity contribution >= 4 is 23.4 Å². The second-order valence-corrected chi connectivity index (χ2v) is 6.72. The number of carbonyl (C=O) groups excluding carboxylic acids is 1. The summed E-state index contributed by atoms with van der Waals surface area (Å²) in [5.41, 5.74) is 3.21. The van der Waals surface area contributed by atoms with Crippen molar-refractivity contribution in [3.63, 3.8) is 0 Å². The molecule has 0 heterocycles. The van der Waals surface area contributed by atoms with E-state index in [4.69, 9.17) is 4.74 Å². The standard InChI is InChI=1S/C19H23NO2S/c1-14-11-15(2)13-16(12-14)20-19(21)5-4-10-23-18-8-6-17(22-3)7-9-18/h6-9,11-13H,4-5,10H2,1-3H3,(H,20,21). The molecule has 0 saturated carbocycles. The number of benzene rings is 2. The van der Waals surface area contributed by atoms with Gasteiger partial charge in [0.25, 0.3) is 0 Å². The highest BCUT2D eigenvalue weighted by atomic mass is 32.2. The van der Waals surface area contributed by atoms with Gasteiger partial charge in [0, 0.05) is 17.0 Å². The smallest absolute Gasteiger partial charge is 0.224 e. The molecule has 2 aromatic rings. The summed E-state index contributed by atoms with van der Waals surface area (Å²) in [6.07, 6.45) is 1.39. The Morgan fingerprint density at radius 1 is 1.09 bits per heavy atom. The van der Waals surface area contributed by atoms with Gasteiger partial charge in [-0.15, -0.1) is 11.8 Å². The number of hydrogen-bond acceptors (Lipinski definition) is 3. The van der Waals surface area contributed by atoms with Gasteiger partial charge >= 0.3 is 0 Å². The minimum Gasteiger partial charge on any atom is -0.497 e. The Morgan fingerprint density at radius 2 is 1.74 bits per heavy atom. The average Bonchev–Trinajstić information content (AvgIpc) is 2.51. The van der Waals surface area contributed by atoms with E-state index in [1.54, 1.807) is 18.9 Å². The van der Waals surface area contributed by atoms with Gasteiger partial charge in [0.1, 0.15) is 5.75 Å². The molecule has 1 amide bonds. The highest BCUT2D eigenvalue weighted by Crippen LogP contribution is 2.22. The Balaban J connectivity index is 1.71. The van der Waals surface area contributed by atoms with Crippen molar-refractivity contribution in [2.75, 3.05) is 18.2 Å². The van der Waals surface area contributed by atoms with Crippen molar-refractivity contribution in [2.45, 2.75) is 31.6 Å². The maximum atomic E-state index is 12.0. The van der Waals surface area contributed by atoms with Gasteiger partial charge in [-0.2, -0.15) is 0 Å². The lowest BCUT2D eigenvalue weighted by Gasteiger charge is -2.08. The van der Waals surface area contributed by atoms with Crippen molar-refractivity contribution in [1.29, 1.82) is 0 Å². The minimum absolute atomic E-state index is 0.0744. The van der Waals surface area contributed by atoms with Crippen molar-refractivity contribution in [1.82, 2.24) is 0 Å². The van der Waals surface area contributed by atoms with Crippen molar-refractivity contribution in [3.8, 4) is 5.75 Å². The molecule has 1 N–H and O–H groups in total. The Morgan fingerprint density at radius 3 is 2.35 bits per heavy atom. The van der Waals surface area contributed by atoms with Gasteiger partial charge in [0.15, 0.2) is 0 Å². The SMILES string of the molecule is COc1ccc(SCCCC(=O)Nc2cc(C)cc(C)c2)cc1. The van der Waals surface area contributed by atoms with Crippen LogP contribution in [0.15, 0.2) is 47.4 Å². The van der Waals surface area contributed by atoms with E-state index in [1.807, 2.05) is 50.2 Å². The zero-order chi connectivity index (χ0) is 16.7. The van der Waals surface area contributed by atoms with Crippen LogP contribution < -0.4 is 10.1 Å². The van der Waals surface area contributed by atoms with E-state index in [9.17, 15) is 4.79 Å². The lowest BCUT2D eigenvalue weighted by Crippen LogP contribution is -2.11. The third-order valence-corrected chi connectivity index (χ3v) is 4.48. The monoisotopic (exact) mass is 329 g/mol. The molecule has 2 aromatic carbocycles. The molecule has 0 fully saturated rings. The van der Waals surface area contributed by atoms with Gasteiger partial charge in [-0.05, 0) is 73.5 Å². The topological polar surface area (TPSA) is 38.3 Å². The van der Waals surface area contributed by atoms with Crippen LogP contribution in [0.3, 0.4) is 0 Å². The highest BCUT2D eigenvalue weighted by Gasteiger charge is 2.04. The third-order valence-electron chi connectivity index (χ3n) is 3.38. The first-order valence-corrected chi connectivity index (χ1v) is 8.70. The van der Waals surface area contributed by atoms with Gasteiger partial charge in [-0.3, -0.25) is 4.79 Å². The fourth-order valence-electron chi connectivity index (χ4n) is 2.37. The first kappa shape index (κ1) is 17.4. The molecular weight excluding hydrogens is 306 g/mol. The number of hydrogen-bond donors (Lipinski definition) is 1. The molecule has 122 valence electrons. The fourth-order valence-corrected chi connectivity index (χ4v) is 3.22. The van der Waals surface area contributed by atoms with E-state index in [0.29, 0.717) is 6.42 Å². The average molecular weight is 329 g/mol. The van der Waals surface area contributed by atoms with Crippen LogP contribution in [0, 0.1) is 13.8 Å². The summed E-state index contributed by atoms with van der Waals surface area (Å²) >= 11 is 1.76. The molecule has 4 heteroatoms. The van der Waals surface area contributed by atoms with E-state index in [0.717, 1.165) is 34.7 Å². The van der Waals surface area contributed by atoms with Crippen LogP contribution in [0.25, 0.3) is 0 Å². The largest absolute Gasteiger partial charge is 0.497 e. The number of ether oxygens (including phenoxy) is 1. The molecule has 0 spiro atoms. The third kappa shape index (κ3) is 5.99. The lowest BCUT2D eigenvalue weighted by atomic mass is 10.1. The van der Waals surface area contributed by atoms with Gasteiger partial charge in [0.2, 0.25) is 5.91 Å². The second kappa shape index (κ2) is 8.63. The molecule has 0 unspecified atom stereocenters. The number of carbonyl (C=O) groups is 1. The number of aryl methyl sites for hydroxylation is 2. The number of amides is 1. The van der Waals surface area contributed by atoms with Crippen LogP contribution in [-0.2, 0) is 4.79 Å². The van der Waals surface area contributed by atoms with Crippen LogP contribution in [0.5, 0.6) is 5.75 Å².